The number of carbonyl (C=O) groups is 4. The third-order valence-electron chi connectivity index (χ3n) is 8.30. The van der Waals surface area contributed by atoms with E-state index in [4.69, 9.17) is 19.7 Å². The van der Waals surface area contributed by atoms with Crippen LogP contribution in [-0.4, -0.2) is 96.4 Å². The highest BCUT2D eigenvalue weighted by molar-refractivity contribution is 9.11. The summed E-state index contributed by atoms with van der Waals surface area (Å²) in [6.45, 7) is 0.205. The summed E-state index contributed by atoms with van der Waals surface area (Å²) in [6, 6.07) is 10.6. The summed E-state index contributed by atoms with van der Waals surface area (Å²) in [5.74, 6) is -1.73. The molecule has 0 radical (unpaired) electrons. The molecule has 5 aromatic carbocycles. The molecular weight excluding hydrogens is 700 g/mol. The highest BCUT2D eigenvalue weighted by atomic mass is 79.9. The van der Waals surface area contributed by atoms with Crippen molar-refractivity contribution in [1.82, 2.24) is 9.80 Å². The lowest BCUT2D eigenvalue weighted by molar-refractivity contribution is 0.0467. The number of hydrogen-bond acceptors (Lipinski definition) is 8. The van der Waals surface area contributed by atoms with Gasteiger partial charge in [0.25, 0.3) is 23.6 Å². The smallest absolute Gasteiger partial charge is 0.261 e. The number of halogens is 2. The molecule has 2 N–H and O–H groups in total. The molecule has 0 atom stereocenters. The summed E-state index contributed by atoms with van der Waals surface area (Å²) >= 11 is 7.41. The first kappa shape index (κ1) is 29.2. The first-order valence-corrected chi connectivity index (χ1v) is 15.6. The zero-order chi connectivity index (χ0) is 30.9. The van der Waals surface area contributed by atoms with Crippen molar-refractivity contribution in [3.8, 4) is 0 Å². The normalized spacial score (nSPS) is 14.9. The van der Waals surface area contributed by atoms with E-state index < -0.39 is 23.6 Å². The molecule has 4 amide bonds. The van der Waals surface area contributed by atoms with Crippen molar-refractivity contribution in [3.63, 3.8) is 0 Å². The minimum Gasteiger partial charge on any atom is -0.394 e. The van der Waals surface area contributed by atoms with E-state index in [-0.39, 0.29) is 52.7 Å². The molecule has 12 heteroatoms. The molecule has 0 aliphatic carbocycles. The van der Waals surface area contributed by atoms with Crippen LogP contribution in [0, 0.1) is 0 Å². The fourth-order valence-electron chi connectivity index (χ4n) is 6.52. The number of carbonyl (C=O) groups excluding carboxylic acids is 4. The summed E-state index contributed by atoms with van der Waals surface area (Å²) in [5, 5.41) is 23.6. The molecule has 7 rings (SSSR count). The number of fused-ring (bicyclic) bond motifs is 2. The average molecular weight is 724 g/mol. The van der Waals surface area contributed by atoms with Gasteiger partial charge in [-0.2, -0.15) is 0 Å². The maximum absolute atomic E-state index is 13.7. The van der Waals surface area contributed by atoms with E-state index in [1.165, 1.54) is 9.80 Å². The van der Waals surface area contributed by atoms with E-state index in [0.717, 1.165) is 32.3 Å². The zero-order valence-corrected chi connectivity index (χ0v) is 26.3. The van der Waals surface area contributed by atoms with Crippen LogP contribution in [0.5, 0.6) is 0 Å². The number of benzene rings is 5. The van der Waals surface area contributed by atoms with E-state index in [0.29, 0.717) is 42.0 Å². The van der Waals surface area contributed by atoms with Gasteiger partial charge >= 0.3 is 0 Å². The lowest BCUT2D eigenvalue weighted by Gasteiger charge is -2.30. The highest BCUT2D eigenvalue weighted by Crippen LogP contribution is 2.50. The van der Waals surface area contributed by atoms with Crippen molar-refractivity contribution < 1.29 is 38.9 Å². The number of aliphatic hydroxyl groups is 2. The molecule has 0 saturated heterocycles. The average Bonchev–Trinajstić information content (AvgIpc) is 3.01. The van der Waals surface area contributed by atoms with Gasteiger partial charge in [0.15, 0.2) is 0 Å². The topological polar surface area (TPSA) is 134 Å². The van der Waals surface area contributed by atoms with E-state index in [2.05, 4.69) is 31.9 Å². The van der Waals surface area contributed by atoms with Crippen LogP contribution in [0.4, 0.5) is 0 Å². The maximum atomic E-state index is 13.7. The standard InChI is InChI=1S/C32H24Br2N2O8/c33-21-13-20-24-18(30(40)36(32(20)42)6-10-44-12-8-38)4-2-16-26-22(34)14-19-23-17(3-1-15(27(23)26)25(21)28(16)24)29(39)35(31(19)41)5-9-43-11-7-37/h1-4,13-14,37-38H,5-12H2. The molecular formula is C32H24Br2N2O8. The van der Waals surface area contributed by atoms with Crippen LogP contribution in [0.15, 0.2) is 45.3 Å². The zero-order valence-electron chi connectivity index (χ0n) is 23.1. The van der Waals surface area contributed by atoms with Crippen LogP contribution < -0.4 is 0 Å². The van der Waals surface area contributed by atoms with Crippen molar-refractivity contribution in [2.45, 2.75) is 0 Å². The van der Waals surface area contributed by atoms with Crippen LogP contribution in [0.25, 0.3) is 43.1 Å². The van der Waals surface area contributed by atoms with Crippen LogP contribution in [0.1, 0.15) is 41.4 Å². The molecule has 0 bridgehead atoms. The number of rotatable bonds is 10. The maximum Gasteiger partial charge on any atom is 0.261 e. The van der Waals surface area contributed by atoms with Gasteiger partial charge in [0.1, 0.15) is 0 Å². The monoisotopic (exact) mass is 722 g/mol. The van der Waals surface area contributed by atoms with Crippen molar-refractivity contribution in [3.05, 3.63) is 67.6 Å². The Bertz CT molecular complexity index is 1930. The Morgan fingerprint density at radius 1 is 0.523 bits per heavy atom. The van der Waals surface area contributed by atoms with Crippen LogP contribution >= 0.6 is 31.9 Å². The second-order valence-corrected chi connectivity index (χ2v) is 12.3. The Balaban J connectivity index is 1.46. The van der Waals surface area contributed by atoms with Crippen LogP contribution in [0.2, 0.25) is 0 Å². The predicted molar refractivity (Wildman–Crippen MR) is 170 cm³/mol. The van der Waals surface area contributed by atoms with Gasteiger partial charge in [0.05, 0.1) is 52.7 Å². The molecule has 5 aromatic rings. The second-order valence-electron chi connectivity index (χ2n) is 10.6. The predicted octanol–water partition coefficient (Wildman–Crippen LogP) is 4.47. The summed E-state index contributed by atoms with van der Waals surface area (Å²) in [7, 11) is 0. The van der Waals surface area contributed by atoms with Gasteiger partial charge < -0.3 is 19.7 Å². The number of imide groups is 2. The Morgan fingerprint density at radius 2 is 0.909 bits per heavy atom. The lowest BCUT2D eigenvalue weighted by Crippen LogP contribution is -2.42. The second kappa shape index (κ2) is 11.1. The van der Waals surface area contributed by atoms with Crippen molar-refractivity contribution >= 4 is 98.6 Å². The van der Waals surface area contributed by atoms with Gasteiger partial charge in [-0.15, -0.1) is 0 Å². The Hall–Kier alpha value is -3.52. The van der Waals surface area contributed by atoms with Crippen molar-refractivity contribution in [1.29, 1.82) is 0 Å². The van der Waals surface area contributed by atoms with Gasteiger partial charge in [-0.3, -0.25) is 29.0 Å². The summed E-state index contributed by atoms with van der Waals surface area (Å²) in [5.41, 5.74) is 1.54. The van der Waals surface area contributed by atoms with E-state index in [1.54, 1.807) is 24.3 Å². The van der Waals surface area contributed by atoms with Crippen molar-refractivity contribution in [2.75, 3.05) is 52.7 Å². The SMILES string of the molecule is O=C1c2ccc3c4c(Br)cc5c6c(ccc(c7c(Br)cc(c2c37)C(=O)N1CCOCCO)c64)C(=O)N(CCOCCO)C5=O. The molecule has 224 valence electrons. The van der Waals surface area contributed by atoms with Crippen LogP contribution in [-0.2, 0) is 9.47 Å². The Labute approximate surface area is 266 Å². The molecule has 0 aromatic heterocycles. The van der Waals surface area contributed by atoms with Gasteiger partial charge in [0, 0.05) is 63.5 Å². The Morgan fingerprint density at radius 3 is 1.30 bits per heavy atom. The van der Waals surface area contributed by atoms with Gasteiger partial charge in [-0.05, 0) is 35.0 Å². The van der Waals surface area contributed by atoms with E-state index in [1.807, 2.05) is 12.1 Å². The van der Waals surface area contributed by atoms with Gasteiger partial charge in [0.2, 0.25) is 0 Å². The molecule has 0 saturated carbocycles. The highest BCUT2D eigenvalue weighted by Gasteiger charge is 2.37. The molecule has 0 spiro atoms. The minimum atomic E-state index is -0.436. The first-order chi connectivity index (χ1) is 21.3. The Kier molecular flexibility index (Phi) is 7.39. The number of nitrogens with zero attached hydrogens (tertiary/aromatic N) is 2. The first-order valence-electron chi connectivity index (χ1n) is 14.0. The molecule has 0 unspecified atom stereocenters. The third kappa shape index (κ3) is 4.12. The molecule has 2 aliphatic heterocycles. The van der Waals surface area contributed by atoms with Gasteiger partial charge in [-0.25, -0.2) is 0 Å². The largest absolute Gasteiger partial charge is 0.394 e. The van der Waals surface area contributed by atoms with E-state index >= 15 is 0 Å². The summed E-state index contributed by atoms with van der Waals surface area (Å²) in [6.07, 6.45) is 0. The van der Waals surface area contributed by atoms with E-state index in [9.17, 15) is 19.2 Å². The number of aliphatic hydroxyl groups excluding tert-OH is 2. The summed E-state index contributed by atoms with van der Waals surface area (Å²) in [4.78, 5) is 56.9. The van der Waals surface area contributed by atoms with Gasteiger partial charge in [-0.1, -0.05) is 44.0 Å². The molecule has 2 heterocycles. The fourth-order valence-corrected chi connectivity index (χ4v) is 7.80. The fraction of sp³-hybridized carbons (Fsp3) is 0.250. The minimum absolute atomic E-state index is 0.0472. The third-order valence-corrected chi connectivity index (χ3v) is 9.55. The van der Waals surface area contributed by atoms with Crippen molar-refractivity contribution in [2.24, 2.45) is 0 Å². The molecule has 10 nitrogen and oxygen atoms in total. The summed E-state index contributed by atoms with van der Waals surface area (Å²) < 4.78 is 11.9. The lowest BCUT2D eigenvalue weighted by atomic mass is 9.82. The molecule has 2 aliphatic rings. The quantitative estimate of drug-likeness (QED) is 0.0934. The number of amides is 4. The molecule has 44 heavy (non-hydrogen) atoms. The number of hydrogen-bond donors (Lipinski definition) is 2. The van der Waals surface area contributed by atoms with Crippen LogP contribution in [0.3, 0.4) is 0 Å². The number of ether oxygens (including phenoxy) is 2. The molecule has 0 fully saturated rings.